The van der Waals surface area contributed by atoms with Crippen LogP contribution in [-0.2, 0) is 11.3 Å². The van der Waals surface area contributed by atoms with Crippen LogP contribution in [0.25, 0.3) is 0 Å². The van der Waals surface area contributed by atoms with E-state index >= 15 is 0 Å². The summed E-state index contributed by atoms with van der Waals surface area (Å²) >= 11 is 0. The first-order valence-corrected chi connectivity index (χ1v) is 5.02. The predicted octanol–water partition coefficient (Wildman–Crippen LogP) is 0.153. The lowest BCUT2D eigenvalue weighted by atomic mass is 9.97. The Kier molecular flexibility index (Phi) is 4.56. The average Bonchev–Trinajstić information content (AvgIpc) is 2.27. The molecular weight excluding hydrogens is 229 g/mol. The van der Waals surface area contributed by atoms with Gasteiger partial charge in [-0.1, -0.05) is 6.07 Å². The van der Waals surface area contributed by atoms with Crippen LogP contribution in [0, 0.1) is 5.82 Å². The molecule has 0 bridgehead atoms. The van der Waals surface area contributed by atoms with Crippen molar-refractivity contribution in [2.75, 3.05) is 0 Å². The molecule has 94 valence electrons. The number of carbonyl (C=O) groups is 1. The maximum Gasteiger partial charge on any atom is 0.306 e. The van der Waals surface area contributed by atoms with Crippen molar-refractivity contribution in [3.8, 4) is 0 Å². The van der Waals surface area contributed by atoms with Gasteiger partial charge in [0.05, 0.1) is 12.5 Å². The lowest BCUT2D eigenvalue weighted by Crippen LogP contribution is -2.23. The fraction of sp³-hybridized carbons (Fsp3) is 0.364. The number of carboxylic acid groups (broad SMARTS) is 1. The monoisotopic (exact) mass is 243 g/mol. The van der Waals surface area contributed by atoms with E-state index in [0.717, 1.165) is 6.07 Å². The summed E-state index contributed by atoms with van der Waals surface area (Å²) in [5.74, 6) is -1.83. The van der Waals surface area contributed by atoms with Gasteiger partial charge < -0.3 is 21.1 Å². The molecule has 1 rings (SSSR count). The second kappa shape index (κ2) is 5.72. The highest BCUT2D eigenvalue weighted by Gasteiger charge is 2.23. The van der Waals surface area contributed by atoms with Gasteiger partial charge in [0.25, 0.3) is 0 Å². The van der Waals surface area contributed by atoms with Crippen molar-refractivity contribution in [1.82, 2.24) is 0 Å². The predicted molar refractivity (Wildman–Crippen MR) is 57.5 cm³/mol. The maximum absolute atomic E-state index is 13.0. The largest absolute Gasteiger partial charge is 0.481 e. The van der Waals surface area contributed by atoms with Gasteiger partial charge in [0.1, 0.15) is 11.9 Å². The highest BCUT2D eigenvalue weighted by atomic mass is 19.1. The first kappa shape index (κ1) is 13.6. The van der Waals surface area contributed by atoms with Gasteiger partial charge >= 0.3 is 5.97 Å². The Hall–Kier alpha value is -1.50. The minimum Gasteiger partial charge on any atom is -0.481 e. The van der Waals surface area contributed by atoms with Crippen LogP contribution < -0.4 is 5.73 Å². The summed E-state index contributed by atoms with van der Waals surface area (Å²) in [6.45, 7) is 0.0620. The fourth-order valence-corrected chi connectivity index (χ4v) is 1.52. The molecular formula is C11H14FNO4. The molecule has 5 N–H and O–H groups in total. The Morgan fingerprint density at radius 2 is 2.06 bits per heavy atom. The molecule has 0 aromatic heterocycles. The van der Waals surface area contributed by atoms with Crippen molar-refractivity contribution < 1.29 is 24.5 Å². The Morgan fingerprint density at radius 1 is 1.41 bits per heavy atom. The zero-order valence-corrected chi connectivity index (χ0v) is 9.01. The van der Waals surface area contributed by atoms with Crippen LogP contribution in [0.5, 0.6) is 0 Å². The second-order valence-corrected chi connectivity index (χ2v) is 3.66. The highest BCUT2D eigenvalue weighted by Crippen LogP contribution is 2.23. The number of nitrogens with two attached hydrogens (primary N) is 1. The van der Waals surface area contributed by atoms with Gasteiger partial charge in [-0.3, -0.25) is 4.79 Å². The van der Waals surface area contributed by atoms with Gasteiger partial charge in [0.2, 0.25) is 0 Å². The normalized spacial score (nSPS) is 14.4. The highest BCUT2D eigenvalue weighted by molar-refractivity contribution is 5.67. The summed E-state index contributed by atoms with van der Waals surface area (Å²) < 4.78 is 13.0. The van der Waals surface area contributed by atoms with Crippen molar-refractivity contribution in [3.05, 3.63) is 35.1 Å². The van der Waals surface area contributed by atoms with Gasteiger partial charge in [0, 0.05) is 6.54 Å². The quantitative estimate of drug-likeness (QED) is 0.589. The molecule has 0 aliphatic rings. The number of aliphatic carboxylic acids is 1. The third kappa shape index (κ3) is 3.48. The molecule has 2 unspecified atom stereocenters. The van der Waals surface area contributed by atoms with Crippen molar-refractivity contribution in [2.45, 2.75) is 25.2 Å². The molecule has 0 fully saturated rings. The Balaban J connectivity index is 2.97. The summed E-state index contributed by atoms with van der Waals surface area (Å²) in [5.41, 5.74) is 5.98. The van der Waals surface area contributed by atoms with Crippen molar-refractivity contribution in [1.29, 1.82) is 0 Å². The lowest BCUT2D eigenvalue weighted by Gasteiger charge is -2.19. The van der Waals surface area contributed by atoms with E-state index in [1.807, 2.05) is 0 Å². The number of aliphatic hydroxyl groups excluding tert-OH is 2. The van der Waals surface area contributed by atoms with Crippen LogP contribution in [0.4, 0.5) is 4.39 Å². The molecule has 0 radical (unpaired) electrons. The Morgan fingerprint density at radius 3 is 2.59 bits per heavy atom. The molecule has 2 atom stereocenters. The van der Waals surface area contributed by atoms with Crippen molar-refractivity contribution >= 4 is 5.97 Å². The molecule has 1 aromatic rings. The number of aliphatic hydroxyl groups is 2. The summed E-state index contributed by atoms with van der Waals surface area (Å²) in [5, 5.41) is 27.7. The van der Waals surface area contributed by atoms with E-state index in [-0.39, 0.29) is 12.1 Å². The Labute approximate surface area is 97.3 Å². The van der Waals surface area contributed by atoms with Gasteiger partial charge in [-0.2, -0.15) is 0 Å². The molecule has 0 saturated heterocycles. The smallest absolute Gasteiger partial charge is 0.306 e. The summed E-state index contributed by atoms with van der Waals surface area (Å²) in [7, 11) is 0. The van der Waals surface area contributed by atoms with Gasteiger partial charge in [0.15, 0.2) is 0 Å². The van der Waals surface area contributed by atoms with E-state index in [9.17, 15) is 19.4 Å². The van der Waals surface area contributed by atoms with Crippen LogP contribution in [0.1, 0.15) is 23.7 Å². The summed E-state index contributed by atoms with van der Waals surface area (Å²) in [4.78, 5) is 10.4. The third-order valence-corrected chi connectivity index (χ3v) is 2.39. The number of hydrogen-bond acceptors (Lipinski definition) is 4. The van der Waals surface area contributed by atoms with Gasteiger partial charge in [-0.25, -0.2) is 4.39 Å². The number of rotatable bonds is 5. The number of carboxylic acids is 1. The fourth-order valence-electron chi connectivity index (χ4n) is 1.52. The molecule has 5 nitrogen and oxygen atoms in total. The molecule has 0 saturated carbocycles. The van der Waals surface area contributed by atoms with Gasteiger partial charge in [-0.05, 0) is 23.3 Å². The molecule has 0 aliphatic carbocycles. The minimum absolute atomic E-state index is 0.0620. The molecule has 0 amide bonds. The summed E-state index contributed by atoms with van der Waals surface area (Å²) in [6.07, 6.45) is -3.60. The number of halogens is 1. The van der Waals surface area contributed by atoms with Crippen molar-refractivity contribution in [2.24, 2.45) is 5.73 Å². The molecule has 0 aliphatic heterocycles. The summed E-state index contributed by atoms with van der Waals surface area (Å²) in [6, 6.07) is 3.61. The number of benzene rings is 1. The lowest BCUT2D eigenvalue weighted by molar-refractivity contribution is -0.141. The molecule has 0 heterocycles. The van der Waals surface area contributed by atoms with E-state index in [1.165, 1.54) is 12.1 Å². The van der Waals surface area contributed by atoms with Crippen LogP contribution in [0.3, 0.4) is 0 Å². The molecule has 1 aromatic carbocycles. The average molecular weight is 243 g/mol. The zero-order chi connectivity index (χ0) is 13.0. The van der Waals surface area contributed by atoms with E-state index in [4.69, 9.17) is 10.8 Å². The first-order chi connectivity index (χ1) is 7.95. The molecule has 17 heavy (non-hydrogen) atoms. The second-order valence-electron chi connectivity index (χ2n) is 3.66. The van der Waals surface area contributed by atoms with E-state index in [1.54, 1.807) is 0 Å². The van der Waals surface area contributed by atoms with E-state index in [0.29, 0.717) is 5.56 Å². The van der Waals surface area contributed by atoms with Crippen LogP contribution in [0.2, 0.25) is 0 Å². The van der Waals surface area contributed by atoms with Gasteiger partial charge in [-0.15, -0.1) is 0 Å². The topological polar surface area (TPSA) is 104 Å². The van der Waals surface area contributed by atoms with E-state index in [2.05, 4.69) is 0 Å². The maximum atomic E-state index is 13.0. The number of hydrogen-bond donors (Lipinski definition) is 4. The minimum atomic E-state index is -1.50. The van der Waals surface area contributed by atoms with Crippen LogP contribution >= 0.6 is 0 Å². The molecule has 0 spiro atoms. The van der Waals surface area contributed by atoms with Crippen LogP contribution in [-0.4, -0.2) is 27.4 Å². The van der Waals surface area contributed by atoms with E-state index < -0.39 is 30.4 Å². The van der Waals surface area contributed by atoms with Crippen molar-refractivity contribution in [3.63, 3.8) is 0 Å². The standard InChI is InChI=1S/C11H14FNO4/c12-7-2-1-6(5-13)8(3-7)11(17)9(14)4-10(15)16/h1-3,9,11,14,17H,4-5,13H2,(H,15,16). The Bertz CT molecular complexity index is 410. The first-order valence-electron chi connectivity index (χ1n) is 5.02. The third-order valence-electron chi connectivity index (χ3n) is 2.39. The molecule has 6 heteroatoms. The SMILES string of the molecule is NCc1ccc(F)cc1C(O)C(O)CC(=O)O. The van der Waals surface area contributed by atoms with Crippen LogP contribution in [0.15, 0.2) is 18.2 Å². The zero-order valence-electron chi connectivity index (χ0n) is 9.01.